The van der Waals surface area contributed by atoms with Gasteiger partial charge in [0.15, 0.2) is 0 Å². The Morgan fingerprint density at radius 3 is 2.82 bits per heavy atom. The van der Waals surface area contributed by atoms with Crippen LogP contribution in [0.2, 0.25) is 0 Å². The molecule has 0 saturated heterocycles. The molecule has 2 heterocycles. The number of fused-ring (bicyclic) bond motifs is 1. The van der Waals surface area contributed by atoms with E-state index in [1.165, 1.54) is 12.1 Å². The van der Waals surface area contributed by atoms with Gasteiger partial charge in [0.05, 0.1) is 22.7 Å². The number of aromatic nitrogens is 1. The van der Waals surface area contributed by atoms with Crippen molar-refractivity contribution in [3.8, 4) is 11.5 Å². The highest BCUT2D eigenvalue weighted by atomic mass is 16.6. The van der Waals surface area contributed by atoms with E-state index in [-0.39, 0.29) is 18.0 Å². The van der Waals surface area contributed by atoms with Crippen LogP contribution in [0.25, 0.3) is 11.5 Å². The first-order valence-corrected chi connectivity index (χ1v) is 9.03. The van der Waals surface area contributed by atoms with Crippen LogP contribution in [0.5, 0.6) is 0 Å². The van der Waals surface area contributed by atoms with Crippen molar-refractivity contribution in [2.75, 3.05) is 11.4 Å². The second-order valence-corrected chi connectivity index (χ2v) is 6.93. The van der Waals surface area contributed by atoms with Gasteiger partial charge in [-0.25, -0.2) is 4.98 Å². The molecular formula is C21H19N3O4. The second kappa shape index (κ2) is 6.92. The Morgan fingerprint density at radius 1 is 1.25 bits per heavy atom. The number of aryl methyl sites for hydroxylation is 2. The number of non-ortho nitro benzene ring substituents is 1. The maximum Gasteiger partial charge on any atom is 0.271 e. The van der Waals surface area contributed by atoms with E-state index in [1.807, 2.05) is 31.2 Å². The van der Waals surface area contributed by atoms with Crippen molar-refractivity contribution < 1.29 is 14.1 Å². The number of hydrogen-bond donors (Lipinski definition) is 0. The van der Waals surface area contributed by atoms with Gasteiger partial charge in [0.25, 0.3) is 5.69 Å². The van der Waals surface area contributed by atoms with E-state index in [1.54, 1.807) is 17.9 Å². The third-order valence-corrected chi connectivity index (χ3v) is 4.95. The summed E-state index contributed by atoms with van der Waals surface area (Å²) >= 11 is 0. The van der Waals surface area contributed by atoms with E-state index in [0.29, 0.717) is 36.0 Å². The second-order valence-electron chi connectivity index (χ2n) is 6.93. The van der Waals surface area contributed by atoms with Crippen LogP contribution < -0.4 is 4.90 Å². The fourth-order valence-corrected chi connectivity index (χ4v) is 3.47. The minimum absolute atomic E-state index is 0.0159. The summed E-state index contributed by atoms with van der Waals surface area (Å²) in [5.74, 6) is 0.941. The molecule has 0 aliphatic carbocycles. The Balaban J connectivity index is 1.58. The van der Waals surface area contributed by atoms with Crippen LogP contribution in [0.1, 0.15) is 22.6 Å². The molecule has 0 spiro atoms. The average molecular weight is 377 g/mol. The van der Waals surface area contributed by atoms with Gasteiger partial charge < -0.3 is 9.32 Å². The Labute approximate surface area is 161 Å². The zero-order valence-electron chi connectivity index (χ0n) is 15.6. The van der Waals surface area contributed by atoms with Crippen molar-refractivity contribution in [3.63, 3.8) is 0 Å². The van der Waals surface area contributed by atoms with E-state index in [0.717, 1.165) is 16.7 Å². The van der Waals surface area contributed by atoms with Crippen LogP contribution in [0, 0.1) is 24.0 Å². The van der Waals surface area contributed by atoms with Crippen LogP contribution in [-0.2, 0) is 17.6 Å². The fraction of sp³-hybridized carbons (Fsp3) is 0.238. The van der Waals surface area contributed by atoms with Crippen LogP contribution in [-0.4, -0.2) is 22.4 Å². The number of oxazole rings is 1. The molecule has 142 valence electrons. The van der Waals surface area contributed by atoms with E-state index in [2.05, 4.69) is 4.98 Å². The molecule has 1 aromatic heterocycles. The Bertz CT molecular complexity index is 1090. The summed E-state index contributed by atoms with van der Waals surface area (Å²) in [4.78, 5) is 29.6. The van der Waals surface area contributed by atoms with Gasteiger partial charge in [-0.1, -0.05) is 23.8 Å². The SMILES string of the molecule is Cc1cccc(-c2nc(CC(=O)N3CCc4ccc([N+](=O)[O-])cc43)c(C)o2)c1. The predicted octanol–water partition coefficient (Wildman–Crippen LogP) is 4.00. The maximum atomic E-state index is 12.9. The van der Waals surface area contributed by atoms with Gasteiger partial charge in [0.2, 0.25) is 11.8 Å². The first-order valence-electron chi connectivity index (χ1n) is 9.03. The zero-order chi connectivity index (χ0) is 19.8. The molecule has 0 unspecified atom stereocenters. The molecule has 0 bridgehead atoms. The molecule has 0 radical (unpaired) electrons. The van der Waals surface area contributed by atoms with Crippen molar-refractivity contribution in [1.29, 1.82) is 0 Å². The molecule has 1 aliphatic heterocycles. The van der Waals surface area contributed by atoms with Crippen LogP contribution in [0.15, 0.2) is 46.9 Å². The molecule has 1 amide bonds. The van der Waals surface area contributed by atoms with Gasteiger partial charge in [0.1, 0.15) is 5.76 Å². The van der Waals surface area contributed by atoms with Gasteiger partial charge in [0, 0.05) is 24.2 Å². The third-order valence-electron chi connectivity index (χ3n) is 4.95. The molecule has 7 heteroatoms. The quantitative estimate of drug-likeness (QED) is 0.506. The number of carbonyl (C=O) groups excluding carboxylic acids is 1. The highest BCUT2D eigenvalue weighted by Crippen LogP contribution is 2.32. The minimum atomic E-state index is -0.447. The molecule has 7 nitrogen and oxygen atoms in total. The number of nitrogens with zero attached hydrogens (tertiary/aromatic N) is 3. The zero-order valence-corrected chi connectivity index (χ0v) is 15.6. The summed E-state index contributed by atoms with van der Waals surface area (Å²) in [6, 6.07) is 12.5. The summed E-state index contributed by atoms with van der Waals surface area (Å²) in [6.07, 6.45) is 0.773. The van der Waals surface area contributed by atoms with Gasteiger partial charge in [-0.05, 0) is 38.0 Å². The lowest BCUT2D eigenvalue weighted by molar-refractivity contribution is -0.384. The third kappa shape index (κ3) is 3.26. The summed E-state index contributed by atoms with van der Waals surface area (Å²) in [7, 11) is 0. The van der Waals surface area contributed by atoms with Crippen molar-refractivity contribution in [1.82, 2.24) is 4.98 Å². The number of anilines is 1. The molecule has 0 N–H and O–H groups in total. The van der Waals surface area contributed by atoms with Gasteiger partial charge >= 0.3 is 0 Å². The van der Waals surface area contributed by atoms with Crippen LogP contribution in [0.3, 0.4) is 0 Å². The van der Waals surface area contributed by atoms with E-state index in [4.69, 9.17) is 4.42 Å². The monoisotopic (exact) mass is 377 g/mol. The molecule has 2 aromatic carbocycles. The Kier molecular flexibility index (Phi) is 4.43. The van der Waals surface area contributed by atoms with Gasteiger partial charge in [-0.3, -0.25) is 14.9 Å². The predicted molar refractivity (Wildman–Crippen MR) is 104 cm³/mol. The molecule has 0 atom stereocenters. The average Bonchev–Trinajstić information content (AvgIpc) is 3.25. The van der Waals surface area contributed by atoms with Crippen molar-refractivity contribution in [2.45, 2.75) is 26.7 Å². The number of carbonyl (C=O) groups is 1. The lowest BCUT2D eigenvalue weighted by Crippen LogP contribution is -2.30. The molecule has 0 saturated carbocycles. The summed E-state index contributed by atoms with van der Waals surface area (Å²) < 4.78 is 5.77. The van der Waals surface area contributed by atoms with Crippen molar-refractivity contribution >= 4 is 17.3 Å². The highest BCUT2D eigenvalue weighted by Gasteiger charge is 2.28. The summed E-state index contributed by atoms with van der Waals surface area (Å²) in [5.41, 5.74) is 4.08. The smallest absolute Gasteiger partial charge is 0.271 e. The number of rotatable bonds is 4. The van der Waals surface area contributed by atoms with Gasteiger partial charge in [-0.2, -0.15) is 0 Å². The topological polar surface area (TPSA) is 89.5 Å². The number of nitro groups is 1. The lowest BCUT2D eigenvalue weighted by atomic mass is 10.1. The first-order chi connectivity index (χ1) is 13.4. The molecular weight excluding hydrogens is 358 g/mol. The standard InChI is InChI=1S/C21H19N3O4/c1-13-4-3-5-16(10-13)21-22-18(14(2)28-21)12-20(25)23-9-8-15-6-7-17(24(26)27)11-19(15)23/h3-7,10-11H,8-9,12H2,1-2H3. The fourth-order valence-electron chi connectivity index (χ4n) is 3.47. The van der Waals surface area contributed by atoms with E-state index >= 15 is 0 Å². The number of benzene rings is 2. The molecule has 1 aliphatic rings. The van der Waals surface area contributed by atoms with Crippen molar-refractivity contribution in [3.05, 3.63) is 75.2 Å². The maximum absolute atomic E-state index is 12.9. The summed E-state index contributed by atoms with van der Waals surface area (Å²) in [6.45, 7) is 4.29. The van der Waals surface area contributed by atoms with E-state index in [9.17, 15) is 14.9 Å². The van der Waals surface area contributed by atoms with Gasteiger partial charge in [-0.15, -0.1) is 0 Å². The minimum Gasteiger partial charge on any atom is -0.441 e. The van der Waals surface area contributed by atoms with Crippen molar-refractivity contribution in [2.24, 2.45) is 0 Å². The largest absolute Gasteiger partial charge is 0.441 e. The molecule has 0 fully saturated rings. The Morgan fingerprint density at radius 2 is 2.07 bits per heavy atom. The highest BCUT2D eigenvalue weighted by molar-refractivity contribution is 5.97. The number of nitro benzene ring substituents is 1. The van der Waals surface area contributed by atoms with Crippen LogP contribution in [0.4, 0.5) is 11.4 Å². The van der Waals surface area contributed by atoms with E-state index < -0.39 is 4.92 Å². The summed E-state index contributed by atoms with van der Waals surface area (Å²) in [5, 5.41) is 11.1. The van der Waals surface area contributed by atoms with Crippen LogP contribution >= 0.6 is 0 Å². The lowest BCUT2D eigenvalue weighted by Gasteiger charge is -2.16. The first kappa shape index (κ1) is 17.9. The number of hydrogen-bond acceptors (Lipinski definition) is 5. The number of amides is 1. The molecule has 3 aromatic rings. The Hall–Kier alpha value is -3.48. The molecule has 28 heavy (non-hydrogen) atoms. The normalized spacial score (nSPS) is 12.9. The molecule has 4 rings (SSSR count).